The van der Waals surface area contributed by atoms with Crippen molar-refractivity contribution in [2.24, 2.45) is 0 Å². The van der Waals surface area contributed by atoms with Crippen LogP contribution in [0.5, 0.6) is 0 Å². The molecule has 1 fully saturated rings. The van der Waals surface area contributed by atoms with Gasteiger partial charge in [-0.2, -0.15) is 0 Å². The fraction of sp³-hybridized carbons (Fsp3) is 0.300. The monoisotopic (exact) mass is 406 g/mol. The van der Waals surface area contributed by atoms with Crippen LogP contribution in [-0.2, 0) is 16.0 Å². The van der Waals surface area contributed by atoms with Gasteiger partial charge in [-0.15, -0.1) is 0 Å². The van der Waals surface area contributed by atoms with Crippen molar-refractivity contribution in [2.45, 2.75) is 12.5 Å². The molecule has 1 N–H and O–H groups in total. The standard InChI is InChI=1S/C20H20Cl2N2O3/c21-15-6-7-16(17(22)13-15)19(25)23-18(12-14-4-2-1-3-5-14)20(26)24-8-10-27-11-9-24/h1-7,13,18H,8-12H2,(H,23,25)/t18-/m0/s1. The summed E-state index contributed by atoms with van der Waals surface area (Å²) in [5.74, 6) is -0.528. The molecule has 27 heavy (non-hydrogen) atoms. The second-order valence-electron chi connectivity index (χ2n) is 6.28. The highest BCUT2D eigenvalue weighted by Crippen LogP contribution is 2.21. The lowest BCUT2D eigenvalue weighted by molar-refractivity contribution is -0.137. The molecular weight excluding hydrogens is 387 g/mol. The molecule has 1 saturated heterocycles. The van der Waals surface area contributed by atoms with Crippen molar-refractivity contribution in [3.63, 3.8) is 0 Å². The predicted octanol–water partition coefficient (Wildman–Crippen LogP) is 3.19. The van der Waals surface area contributed by atoms with Gasteiger partial charge < -0.3 is 15.0 Å². The summed E-state index contributed by atoms with van der Waals surface area (Å²) in [6, 6.07) is 13.6. The molecule has 0 bridgehead atoms. The van der Waals surface area contributed by atoms with E-state index in [-0.39, 0.29) is 16.5 Å². The summed E-state index contributed by atoms with van der Waals surface area (Å²) in [5, 5.41) is 3.53. The Morgan fingerprint density at radius 1 is 1.07 bits per heavy atom. The highest BCUT2D eigenvalue weighted by atomic mass is 35.5. The third kappa shape index (κ3) is 5.22. The zero-order chi connectivity index (χ0) is 19.2. The zero-order valence-corrected chi connectivity index (χ0v) is 16.2. The number of rotatable bonds is 5. The lowest BCUT2D eigenvalue weighted by Crippen LogP contribution is -2.52. The maximum absolute atomic E-state index is 13.0. The summed E-state index contributed by atoms with van der Waals surface area (Å²) in [6.45, 7) is 2.03. The van der Waals surface area contributed by atoms with Crippen LogP contribution in [0, 0.1) is 0 Å². The van der Waals surface area contributed by atoms with E-state index in [0.717, 1.165) is 5.56 Å². The van der Waals surface area contributed by atoms with Gasteiger partial charge in [0.2, 0.25) is 5.91 Å². The quantitative estimate of drug-likeness (QED) is 0.829. The van der Waals surface area contributed by atoms with Gasteiger partial charge in [0.1, 0.15) is 6.04 Å². The molecule has 0 saturated carbocycles. The van der Waals surface area contributed by atoms with Crippen molar-refractivity contribution in [1.82, 2.24) is 10.2 Å². The topological polar surface area (TPSA) is 58.6 Å². The van der Waals surface area contributed by atoms with Gasteiger partial charge in [0, 0.05) is 24.5 Å². The van der Waals surface area contributed by atoms with E-state index in [4.69, 9.17) is 27.9 Å². The molecule has 1 heterocycles. The van der Waals surface area contributed by atoms with Crippen LogP contribution < -0.4 is 5.32 Å². The van der Waals surface area contributed by atoms with Crippen LogP contribution in [0.2, 0.25) is 10.0 Å². The van der Waals surface area contributed by atoms with Gasteiger partial charge in [0.15, 0.2) is 0 Å². The highest BCUT2D eigenvalue weighted by molar-refractivity contribution is 6.36. The molecule has 142 valence electrons. The minimum Gasteiger partial charge on any atom is -0.378 e. The first kappa shape index (κ1) is 19.7. The van der Waals surface area contributed by atoms with E-state index in [2.05, 4.69) is 5.32 Å². The van der Waals surface area contributed by atoms with E-state index >= 15 is 0 Å². The molecular formula is C20H20Cl2N2O3. The Kier molecular flexibility index (Phi) is 6.72. The minimum absolute atomic E-state index is 0.124. The number of hydrogen-bond donors (Lipinski definition) is 1. The molecule has 2 amide bonds. The number of benzene rings is 2. The van der Waals surface area contributed by atoms with Crippen LogP contribution in [0.1, 0.15) is 15.9 Å². The fourth-order valence-corrected chi connectivity index (χ4v) is 3.46. The second-order valence-corrected chi connectivity index (χ2v) is 7.12. The predicted molar refractivity (Wildman–Crippen MR) is 105 cm³/mol. The minimum atomic E-state index is -0.690. The number of amides is 2. The molecule has 7 heteroatoms. The summed E-state index contributed by atoms with van der Waals surface area (Å²) in [6.07, 6.45) is 0.397. The zero-order valence-electron chi connectivity index (χ0n) is 14.7. The lowest BCUT2D eigenvalue weighted by Gasteiger charge is -2.31. The lowest BCUT2D eigenvalue weighted by atomic mass is 10.0. The maximum Gasteiger partial charge on any atom is 0.253 e. The van der Waals surface area contributed by atoms with E-state index in [1.807, 2.05) is 30.3 Å². The Balaban J connectivity index is 1.79. The summed E-state index contributed by atoms with van der Waals surface area (Å²) in [5.41, 5.74) is 1.25. The van der Waals surface area contributed by atoms with Crippen LogP contribution in [0.4, 0.5) is 0 Å². The van der Waals surface area contributed by atoms with Crippen LogP contribution in [0.15, 0.2) is 48.5 Å². The summed E-state index contributed by atoms with van der Waals surface area (Å²) >= 11 is 12.0. The average Bonchev–Trinajstić information content (AvgIpc) is 2.68. The first-order valence-electron chi connectivity index (χ1n) is 8.71. The Bertz CT molecular complexity index is 808. The number of nitrogens with zero attached hydrogens (tertiary/aromatic N) is 1. The van der Waals surface area contributed by atoms with Crippen molar-refractivity contribution >= 4 is 35.0 Å². The Morgan fingerprint density at radius 2 is 1.78 bits per heavy atom. The van der Waals surface area contributed by atoms with Crippen LogP contribution in [0.3, 0.4) is 0 Å². The molecule has 0 aliphatic carbocycles. The van der Waals surface area contributed by atoms with Crippen molar-refractivity contribution < 1.29 is 14.3 Å². The smallest absolute Gasteiger partial charge is 0.253 e. The molecule has 0 radical (unpaired) electrons. The highest BCUT2D eigenvalue weighted by Gasteiger charge is 2.28. The SMILES string of the molecule is O=C(N[C@@H](Cc1ccccc1)C(=O)N1CCOCC1)c1ccc(Cl)cc1Cl. The normalized spacial score (nSPS) is 15.3. The second kappa shape index (κ2) is 9.22. The Labute approximate surface area is 168 Å². The third-order valence-electron chi connectivity index (χ3n) is 4.38. The first-order valence-corrected chi connectivity index (χ1v) is 9.46. The largest absolute Gasteiger partial charge is 0.378 e. The fourth-order valence-electron chi connectivity index (χ4n) is 2.96. The molecule has 0 aromatic heterocycles. The van der Waals surface area contributed by atoms with Gasteiger partial charge >= 0.3 is 0 Å². The van der Waals surface area contributed by atoms with Crippen molar-refractivity contribution in [3.8, 4) is 0 Å². The Hall–Kier alpha value is -2.08. The van der Waals surface area contributed by atoms with Gasteiger partial charge in [-0.1, -0.05) is 53.5 Å². The third-order valence-corrected chi connectivity index (χ3v) is 4.93. The number of hydrogen-bond acceptors (Lipinski definition) is 3. The first-order chi connectivity index (χ1) is 13.0. The molecule has 1 aliphatic heterocycles. The number of ether oxygens (including phenoxy) is 1. The number of carbonyl (C=O) groups excluding carboxylic acids is 2. The number of carbonyl (C=O) groups is 2. The van der Waals surface area contributed by atoms with E-state index in [9.17, 15) is 9.59 Å². The van der Waals surface area contributed by atoms with Crippen molar-refractivity contribution in [3.05, 3.63) is 69.7 Å². The molecule has 1 aliphatic rings. The summed E-state index contributed by atoms with van der Waals surface area (Å²) in [4.78, 5) is 27.5. The van der Waals surface area contributed by atoms with Gasteiger partial charge in [-0.3, -0.25) is 9.59 Å². The van der Waals surface area contributed by atoms with Gasteiger partial charge in [0.25, 0.3) is 5.91 Å². The molecule has 3 rings (SSSR count). The van der Waals surface area contributed by atoms with Gasteiger partial charge in [0.05, 0.1) is 23.8 Å². The Morgan fingerprint density at radius 3 is 2.44 bits per heavy atom. The molecule has 2 aromatic rings. The van der Waals surface area contributed by atoms with Crippen LogP contribution in [0.25, 0.3) is 0 Å². The number of nitrogens with one attached hydrogen (secondary N) is 1. The maximum atomic E-state index is 13.0. The average molecular weight is 407 g/mol. The molecule has 5 nitrogen and oxygen atoms in total. The summed E-state index contributed by atoms with van der Waals surface area (Å²) < 4.78 is 5.31. The van der Waals surface area contributed by atoms with Crippen molar-refractivity contribution in [1.29, 1.82) is 0 Å². The van der Waals surface area contributed by atoms with E-state index in [1.165, 1.54) is 6.07 Å². The molecule has 1 atom stereocenters. The van der Waals surface area contributed by atoms with E-state index < -0.39 is 11.9 Å². The van der Waals surface area contributed by atoms with Crippen molar-refractivity contribution in [2.75, 3.05) is 26.3 Å². The number of morpholine rings is 1. The summed E-state index contributed by atoms with van der Waals surface area (Å²) in [7, 11) is 0. The van der Waals surface area contributed by atoms with E-state index in [1.54, 1.807) is 17.0 Å². The molecule has 2 aromatic carbocycles. The molecule has 0 unspecified atom stereocenters. The van der Waals surface area contributed by atoms with E-state index in [0.29, 0.717) is 37.7 Å². The van der Waals surface area contributed by atoms with Gasteiger partial charge in [-0.05, 0) is 23.8 Å². The number of halogens is 2. The molecule has 0 spiro atoms. The van der Waals surface area contributed by atoms with Gasteiger partial charge in [-0.25, -0.2) is 0 Å². The van der Waals surface area contributed by atoms with Crippen LogP contribution in [-0.4, -0.2) is 49.1 Å². The van der Waals surface area contributed by atoms with Crippen LogP contribution >= 0.6 is 23.2 Å².